The van der Waals surface area contributed by atoms with Gasteiger partial charge in [0.25, 0.3) is 0 Å². The average Bonchev–Trinajstić information content (AvgIpc) is 3.36. The lowest BCUT2D eigenvalue weighted by Gasteiger charge is -2.35. The summed E-state index contributed by atoms with van der Waals surface area (Å²) in [5.74, 6) is 1.84. The van der Waals surface area contributed by atoms with Gasteiger partial charge in [0, 0.05) is 54.5 Å². The number of aryl methyl sites for hydroxylation is 1. The molecule has 3 heterocycles. The first kappa shape index (κ1) is 29.7. The van der Waals surface area contributed by atoms with Crippen molar-refractivity contribution in [2.45, 2.75) is 44.8 Å². The van der Waals surface area contributed by atoms with E-state index in [1.807, 2.05) is 31.2 Å². The van der Waals surface area contributed by atoms with Crippen molar-refractivity contribution in [1.29, 1.82) is 0 Å². The fourth-order valence-corrected chi connectivity index (χ4v) is 5.96. The molecule has 3 aromatic rings. The molecule has 0 radical (unpaired) electrons. The van der Waals surface area contributed by atoms with Crippen LogP contribution in [0.25, 0.3) is 12.2 Å². The number of allylic oxidation sites excluding steroid dienone is 2. The standard InChI is InChI=1S/C17H18Cl2N2.C16H21N3O/c18-15-5-1-13(2-6-15)17(21-11-9-20-10-12-21)14-3-7-16(19)8-4-14;1-12-17-15-8-4-2-3-7-14(15)16(18-12)19-10-5-6-13(20)9-11-19/h1-8,17,20H,9-12H2;2,4,7-8,13,20H,3,5-6,9-11H2,1H3. The molecule has 8 heteroatoms. The Balaban J connectivity index is 0.000000165. The number of fused-ring (bicyclic) bond motifs is 1. The largest absolute Gasteiger partial charge is 0.393 e. The second-order valence-electron chi connectivity index (χ2n) is 10.8. The number of halogens is 2. The summed E-state index contributed by atoms with van der Waals surface area (Å²) in [6.07, 6.45) is 11.9. The molecule has 0 spiro atoms. The zero-order chi connectivity index (χ0) is 28.6. The van der Waals surface area contributed by atoms with Crippen molar-refractivity contribution >= 4 is 41.2 Å². The predicted octanol–water partition coefficient (Wildman–Crippen LogP) is 4.65. The van der Waals surface area contributed by atoms with Crippen molar-refractivity contribution in [1.82, 2.24) is 20.2 Å². The van der Waals surface area contributed by atoms with Gasteiger partial charge in [-0.2, -0.15) is 0 Å². The Bertz CT molecular complexity index is 1390. The molecule has 0 bridgehead atoms. The van der Waals surface area contributed by atoms with Gasteiger partial charge in [-0.05, 0) is 74.1 Å². The van der Waals surface area contributed by atoms with Crippen molar-refractivity contribution < 1.29 is 5.11 Å². The number of piperazine rings is 1. The van der Waals surface area contributed by atoms with Crippen LogP contribution < -0.4 is 20.8 Å². The van der Waals surface area contributed by atoms with Crippen LogP contribution in [-0.2, 0) is 0 Å². The first-order chi connectivity index (χ1) is 20.0. The van der Waals surface area contributed by atoms with Crippen molar-refractivity contribution in [3.05, 3.63) is 98.2 Å². The number of hydrogen-bond acceptors (Lipinski definition) is 6. The van der Waals surface area contributed by atoms with E-state index < -0.39 is 0 Å². The molecule has 216 valence electrons. The number of aliphatic hydroxyl groups is 1. The van der Waals surface area contributed by atoms with Gasteiger partial charge in [-0.25, -0.2) is 9.97 Å². The van der Waals surface area contributed by atoms with Gasteiger partial charge in [0.05, 0.1) is 17.5 Å². The third-order valence-corrected chi connectivity index (χ3v) is 8.30. The first-order valence-electron chi connectivity index (χ1n) is 14.6. The number of nitrogens with one attached hydrogen (secondary N) is 1. The molecule has 2 aromatic carbocycles. The Morgan fingerprint density at radius 1 is 0.878 bits per heavy atom. The molecule has 2 fully saturated rings. The summed E-state index contributed by atoms with van der Waals surface area (Å²) in [6, 6.07) is 16.6. The zero-order valence-electron chi connectivity index (χ0n) is 23.6. The van der Waals surface area contributed by atoms with Crippen LogP contribution in [0, 0.1) is 6.92 Å². The maximum atomic E-state index is 9.81. The van der Waals surface area contributed by atoms with Crippen LogP contribution in [-0.4, -0.2) is 65.3 Å². The third kappa shape index (κ3) is 7.97. The van der Waals surface area contributed by atoms with E-state index in [9.17, 15) is 5.11 Å². The number of aromatic nitrogens is 2. The molecular formula is C33H39Cl2N5O. The van der Waals surface area contributed by atoms with E-state index in [-0.39, 0.29) is 12.1 Å². The summed E-state index contributed by atoms with van der Waals surface area (Å²) in [5.41, 5.74) is 2.53. The summed E-state index contributed by atoms with van der Waals surface area (Å²) in [7, 11) is 0. The number of nitrogens with zero attached hydrogens (tertiary/aromatic N) is 4. The quantitative estimate of drug-likeness (QED) is 0.460. The number of aliphatic hydroxyl groups excluding tert-OH is 1. The van der Waals surface area contributed by atoms with E-state index in [1.54, 1.807) is 0 Å². The van der Waals surface area contributed by atoms with Crippen LogP contribution in [0.1, 0.15) is 48.7 Å². The lowest BCUT2D eigenvalue weighted by atomic mass is 9.96. The van der Waals surface area contributed by atoms with E-state index in [1.165, 1.54) is 11.1 Å². The number of benzene rings is 2. The van der Waals surface area contributed by atoms with Gasteiger partial charge >= 0.3 is 0 Å². The van der Waals surface area contributed by atoms with Gasteiger partial charge in [-0.15, -0.1) is 0 Å². The van der Waals surface area contributed by atoms with Crippen molar-refractivity contribution in [3.8, 4) is 0 Å². The second-order valence-corrected chi connectivity index (χ2v) is 11.7. The van der Waals surface area contributed by atoms with Gasteiger partial charge in [-0.1, -0.05) is 65.7 Å². The molecule has 6 rings (SSSR count). The molecule has 2 saturated heterocycles. The van der Waals surface area contributed by atoms with Gasteiger partial charge in [-0.3, -0.25) is 4.90 Å². The van der Waals surface area contributed by atoms with Crippen LogP contribution in [0.2, 0.25) is 10.0 Å². The highest BCUT2D eigenvalue weighted by atomic mass is 35.5. The first-order valence-corrected chi connectivity index (χ1v) is 15.3. The van der Waals surface area contributed by atoms with Gasteiger partial charge < -0.3 is 15.3 Å². The normalized spacial score (nSPS) is 19.2. The summed E-state index contributed by atoms with van der Waals surface area (Å²) >= 11 is 12.1. The average molecular weight is 593 g/mol. The van der Waals surface area contributed by atoms with E-state index >= 15 is 0 Å². The molecular weight excluding hydrogens is 553 g/mol. The maximum Gasteiger partial charge on any atom is 0.139 e. The molecule has 2 N–H and O–H groups in total. The van der Waals surface area contributed by atoms with E-state index in [0.717, 1.165) is 97.2 Å². The molecule has 1 aromatic heterocycles. The minimum absolute atomic E-state index is 0.168. The fraction of sp³-hybridized carbons (Fsp3) is 0.394. The minimum Gasteiger partial charge on any atom is -0.393 e. The van der Waals surface area contributed by atoms with Crippen LogP contribution in [0.5, 0.6) is 0 Å². The molecule has 1 unspecified atom stereocenters. The molecule has 0 saturated carbocycles. The number of rotatable bonds is 4. The highest BCUT2D eigenvalue weighted by Gasteiger charge is 2.24. The van der Waals surface area contributed by atoms with Gasteiger partial charge in [0.1, 0.15) is 11.6 Å². The Morgan fingerprint density at radius 3 is 2.20 bits per heavy atom. The predicted molar refractivity (Wildman–Crippen MR) is 170 cm³/mol. The van der Waals surface area contributed by atoms with Crippen LogP contribution in [0.15, 0.2) is 60.7 Å². The summed E-state index contributed by atoms with van der Waals surface area (Å²) in [6.45, 7) is 7.90. The Kier molecular flexibility index (Phi) is 10.5. The highest BCUT2D eigenvalue weighted by molar-refractivity contribution is 6.30. The lowest BCUT2D eigenvalue weighted by molar-refractivity contribution is 0.161. The molecule has 1 atom stereocenters. The molecule has 0 amide bonds. The number of hydrogen-bond donors (Lipinski definition) is 2. The molecule has 1 aliphatic carbocycles. The Morgan fingerprint density at radius 2 is 1.54 bits per heavy atom. The minimum atomic E-state index is -0.168. The third-order valence-electron chi connectivity index (χ3n) is 7.80. The Labute approximate surface area is 253 Å². The molecule has 2 aliphatic heterocycles. The van der Waals surface area contributed by atoms with Crippen molar-refractivity contribution in [3.63, 3.8) is 0 Å². The molecule has 6 nitrogen and oxygen atoms in total. The summed E-state index contributed by atoms with van der Waals surface area (Å²) in [5, 5.41) is 16.9. The van der Waals surface area contributed by atoms with Gasteiger partial charge in [0.2, 0.25) is 0 Å². The van der Waals surface area contributed by atoms with E-state index in [0.29, 0.717) is 0 Å². The monoisotopic (exact) mass is 591 g/mol. The molecule has 3 aliphatic rings. The van der Waals surface area contributed by atoms with Crippen molar-refractivity contribution in [2.24, 2.45) is 0 Å². The summed E-state index contributed by atoms with van der Waals surface area (Å²) in [4.78, 5) is 14.0. The second kappa shape index (κ2) is 14.4. The fourth-order valence-electron chi connectivity index (χ4n) is 5.71. The number of anilines is 1. The maximum absolute atomic E-state index is 9.81. The Hall–Kier alpha value is -2.74. The van der Waals surface area contributed by atoms with Crippen LogP contribution in [0.4, 0.5) is 5.82 Å². The molecule has 41 heavy (non-hydrogen) atoms. The van der Waals surface area contributed by atoms with Crippen LogP contribution >= 0.6 is 23.2 Å². The zero-order valence-corrected chi connectivity index (χ0v) is 25.2. The smallest absolute Gasteiger partial charge is 0.139 e. The van der Waals surface area contributed by atoms with Gasteiger partial charge in [0.15, 0.2) is 0 Å². The summed E-state index contributed by atoms with van der Waals surface area (Å²) < 4.78 is 0. The highest BCUT2D eigenvalue weighted by Crippen LogP contribution is 2.30. The van der Waals surface area contributed by atoms with Crippen LogP contribution in [0.3, 0.4) is 0 Å². The SMILES string of the molecule is Cc1nc(N2CCCC(O)CC2)c2c(n1)=CC=CCC=2.Clc1ccc(C(c2ccc(Cl)cc2)N2CCNCC2)cc1. The lowest BCUT2D eigenvalue weighted by Crippen LogP contribution is -2.45. The van der Waals surface area contributed by atoms with Crippen molar-refractivity contribution in [2.75, 3.05) is 44.2 Å². The van der Waals surface area contributed by atoms with E-state index in [4.69, 9.17) is 23.2 Å². The van der Waals surface area contributed by atoms with E-state index in [2.05, 4.69) is 73.7 Å². The topological polar surface area (TPSA) is 64.5 Å².